The molecule has 0 spiro atoms. The molecule has 0 saturated carbocycles. The number of ether oxygens (including phenoxy) is 1. The maximum absolute atomic E-state index is 12.3. The second-order valence-corrected chi connectivity index (χ2v) is 7.32. The Hall–Kier alpha value is -3.20. The van der Waals surface area contributed by atoms with Crippen molar-refractivity contribution in [1.29, 1.82) is 0 Å². The SMILES string of the molecule is CC(Sc1ccccc1)C(=O)OC(C)c1nnc(-c2ccc([N+](=O)[O-])cc2)o1. The third-order valence-electron chi connectivity index (χ3n) is 3.79. The van der Waals surface area contributed by atoms with E-state index in [1.54, 1.807) is 13.8 Å². The van der Waals surface area contributed by atoms with Crippen LogP contribution in [0.2, 0.25) is 0 Å². The largest absolute Gasteiger partial charge is 0.452 e. The van der Waals surface area contributed by atoms with Gasteiger partial charge in [-0.15, -0.1) is 22.0 Å². The van der Waals surface area contributed by atoms with Crippen molar-refractivity contribution < 1.29 is 18.9 Å². The lowest BCUT2D eigenvalue weighted by Crippen LogP contribution is -2.19. The zero-order valence-electron chi connectivity index (χ0n) is 15.1. The van der Waals surface area contributed by atoms with Crippen LogP contribution in [0.15, 0.2) is 63.9 Å². The Morgan fingerprint density at radius 1 is 1.11 bits per heavy atom. The molecule has 0 N–H and O–H groups in total. The Morgan fingerprint density at radius 3 is 2.43 bits per heavy atom. The molecule has 3 rings (SSSR count). The Bertz CT molecular complexity index is 959. The second kappa shape index (κ2) is 8.66. The molecule has 0 aliphatic heterocycles. The molecule has 0 saturated heterocycles. The number of hydrogen-bond donors (Lipinski definition) is 0. The lowest BCUT2D eigenvalue weighted by molar-refractivity contribution is -0.384. The average molecular weight is 399 g/mol. The van der Waals surface area contributed by atoms with Gasteiger partial charge in [-0.25, -0.2) is 0 Å². The summed E-state index contributed by atoms with van der Waals surface area (Å²) >= 11 is 1.40. The summed E-state index contributed by atoms with van der Waals surface area (Å²) in [7, 11) is 0. The standard InChI is InChI=1S/C19H17N3O5S/c1-12(26-19(23)13(2)28-16-6-4-3-5-7-16)17-20-21-18(27-17)14-8-10-15(11-9-14)22(24)25/h3-13H,1-2H3. The second-order valence-electron chi connectivity index (χ2n) is 5.90. The van der Waals surface area contributed by atoms with E-state index in [4.69, 9.17) is 9.15 Å². The number of carbonyl (C=O) groups is 1. The number of benzene rings is 2. The van der Waals surface area contributed by atoms with Crippen LogP contribution in [0.3, 0.4) is 0 Å². The van der Waals surface area contributed by atoms with Gasteiger partial charge in [-0.3, -0.25) is 14.9 Å². The molecule has 1 aromatic heterocycles. The Kier molecular flexibility index (Phi) is 6.05. The van der Waals surface area contributed by atoms with E-state index in [1.807, 2.05) is 30.3 Å². The molecular formula is C19H17N3O5S. The van der Waals surface area contributed by atoms with E-state index < -0.39 is 22.2 Å². The van der Waals surface area contributed by atoms with Crippen molar-refractivity contribution in [3.05, 3.63) is 70.6 Å². The Morgan fingerprint density at radius 2 is 1.79 bits per heavy atom. The maximum atomic E-state index is 12.3. The zero-order chi connectivity index (χ0) is 20.1. The van der Waals surface area contributed by atoms with E-state index in [-0.39, 0.29) is 17.5 Å². The zero-order valence-corrected chi connectivity index (χ0v) is 16.0. The van der Waals surface area contributed by atoms with E-state index in [0.717, 1.165) is 4.90 Å². The highest BCUT2D eigenvalue weighted by atomic mass is 32.2. The van der Waals surface area contributed by atoms with Crippen LogP contribution >= 0.6 is 11.8 Å². The maximum Gasteiger partial charge on any atom is 0.319 e. The Balaban J connectivity index is 1.62. The predicted molar refractivity (Wildman–Crippen MR) is 103 cm³/mol. The fourth-order valence-corrected chi connectivity index (χ4v) is 3.19. The van der Waals surface area contributed by atoms with Gasteiger partial charge in [0.2, 0.25) is 5.89 Å². The third kappa shape index (κ3) is 4.74. The van der Waals surface area contributed by atoms with Crippen molar-refractivity contribution in [2.45, 2.75) is 30.1 Å². The van der Waals surface area contributed by atoms with Crippen LogP contribution in [-0.4, -0.2) is 26.3 Å². The molecule has 8 nitrogen and oxygen atoms in total. The van der Waals surface area contributed by atoms with Crippen molar-refractivity contribution in [3.63, 3.8) is 0 Å². The molecule has 9 heteroatoms. The molecule has 0 aliphatic carbocycles. The van der Waals surface area contributed by atoms with Crippen LogP contribution in [0.1, 0.15) is 25.8 Å². The van der Waals surface area contributed by atoms with Crippen LogP contribution in [-0.2, 0) is 9.53 Å². The van der Waals surface area contributed by atoms with Gasteiger partial charge in [0.05, 0.1) is 4.92 Å². The van der Waals surface area contributed by atoms with Crippen molar-refractivity contribution in [1.82, 2.24) is 10.2 Å². The van der Waals surface area contributed by atoms with Crippen molar-refractivity contribution in [2.75, 3.05) is 0 Å². The molecular weight excluding hydrogens is 382 g/mol. The third-order valence-corrected chi connectivity index (χ3v) is 4.88. The van der Waals surface area contributed by atoms with Crippen LogP contribution in [0.4, 0.5) is 5.69 Å². The van der Waals surface area contributed by atoms with Gasteiger partial charge >= 0.3 is 5.97 Å². The van der Waals surface area contributed by atoms with E-state index in [0.29, 0.717) is 5.56 Å². The molecule has 2 unspecified atom stereocenters. The number of hydrogen-bond acceptors (Lipinski definition) is 8. The van der Waals surface area contributed by atoms with Gasteiger partial charge in [0.25, 0.3) is 11.6 Å². The van der Waals surface area contributed by atoms with Gasteiger partial charge in [0.15, 0.2) is 6.10 Å². The first-order chi connectivity index (χ1) is 13.4. The van der Waals surface area contributed by atoms with Gasteiger partial charge in [0.1, 0.15) is 5.25 Å². The van der Waals surface area contributed by atoms with Gasteiger partial charge < -0.3 is 9.15 Å². The fourth-order valence-electron chi connectivity index (χ4n) is 2.31. The van der Waals surface area contributed by atoms with Crippen molar-refractivity contribution in [2.24, 2.45) is 0 Å². The highest BCUT2D eigenvalue weighted by molar-refractivity contribution is 8.00. The number of nitrogens with zero attached hydrogens (tertiary/aromatic N) is 3. The Labute approximate surface area is 165 Å². The number of rotatable bonds is 7. The van der Waals surface area contributed by atoms with E-state index in [2.05, 4.69) is 10.2 Å². The minimum Gasteiger partial charge on any atom is -0.452 e. The van der Waals surface area contributed by atoms with E-state index in [9.17, 15) is 14.9 Å². The van der Waals surface area contributed by atoms with E-state index in [1.165, 1.54) is 36.0 Å². The molecule has 2 aromatic carbocycles. The molecule has 0 radical (unpaired) electrons. The van der Waals surface area contributed by atoms with Crippen LogP contribution in [0.25, 0.3) is 11.5 Å². The van der Waals surface area contributed by atoms with Gasteiger partial charge in [-0.2, -0.15) is 0 Å². The summed E-state index contributed by atoms with van der Waals surface area (Å²) in [5.41, 5.74) is 0.506. The molecule has 28 heavy (non-hydrogen) atoms. The van der Waals surface area contributed by atoms with Crippen LogP contribution in [0.5, 0.6) is 0 Å². The first-order valence-electron chi connectivity index (χ1n) is 8.44. The molecule has 3 aromatic rings. The highest BCUT2D eigenvalue weighted by Gasteiger charge is 2.23. The lowest BCUT2D eigenvalue weighted by Gasteiger charge is -2.14. The summed E-state index contributed by atoms with van der Waals surface area (Å²) < 4.78 is 11.0. The number of thioether (sulfide) groups is 1. The van der Waals surface area contributed by atoms with Gasteiger partial charge in [0, 0.05) is 22.6 Å². The van der Waals surface area contributed by atoms with Gasteiger partial charge in [-0.1, -0.05) is 18.2 Å². The molecule has 0 aliphatic rings. The average Bonchev–Trinajstić information content (AvgIpc) is 3.19. The molecule has 1 heterocycles. The normalized spacial score (nSPS) is 12.9. The summed E-state index contributed by atoms with van der Waals surface area (Å²) in [6.45, 7) is 3.41. The van der Waals surface area contributed by atoms with Crippen molar-refractivity contribution in [3.8, 4) is 11.5 Å². The van der Waals surface area contributed by atoms with Gasteiger partial charge in [-0.05, 0) is 38.1 Å². The number of nitro groups is 1. The first-order valence-corrected chi connectivity index (χ1v) is 9.32. The number of aromatic nitrogens is 2. The first kappa shape index (κ1) is 19.6. The number of esters is 1. The number of carbonyl (C=O) groups excluding carboxylic acids is 1. The monoisotopic (exact) mass is 399 g/mol. The quantitative estimate of drug-likeness (QED) is 0.248. The predicted octanol–water partition coefficient (Wildman–Crippen LogP) is 4.43. The summed E-state index contributed by atoms with van der Waals surface area (Å²) in [5.74, 6) is -0.0467. The molecule has 0 bridgehead atoms. The summed E-state index contributed by atoms with van der Waals surface area (Å²) in [5, 5.41) is 18.1. The number of nitro benzene ring substituents is 1. The molecule has 0 fully saturated rings. The highest BCUT2D eigenvalue weighted by Crippen LogP contribution is 2.27. The number of non-ortho nitro benzene ring substituents is 1. The van der Waals surface area contributed by atoms with Crippen molar-refractivity contribution >= 4 is 23.4 Å². The van der Waals surface area contributed by atoms with Crippen LogP contribution in [0, 0.1) is 10.1 Å². The molecule has 144 valence electrons. The molecule has 2 atom stereocenters. The lowest BCUT2D eigenvalue weighted by atomic mass is 10.2. The smallest absolute Gasteiger partial charge is 0.319 e. The summed E-state index contributed by atoms with van der Waals surface area (Å²) in [6, 6.07) is 15.3. The van der Waals surface area contributed by atoms with Crippen LogP contribution < -0.4 is 0 Å². The molecule has 0 amide bonds. The van der Waals surface area contributed by atoms with E-state index >= 15 is 0 Å². The fraction of sp³-hybridized carbons (Fsp3) is 0.211. The minimum atomic E-state index is -0.717. The summed E-state index contributed by atoms with van der Waals surface area (Å²) in [4.78, 5) is 23.5. The minimum absolute atomic E-state index is 0.0318. The topological polar surface area (TPSA) is 108 Å². The summed E-state index contributed by atoms with van der Waals surface area (Å²) in [6.07, 6.45) is -0.717.